The van der Waals surface area contributed by atoms with Gasteiger partial charge in [0.2, 0.25) is 5.91 Å². The smallest absolute Gasteiger partial charge is 0.325 e. The van der Waals surface area contributed by atoms with Crippen LogP contribution in [0.4, 0.5) is 10.5 Å². The van der Waals surface area contributed by atoms with Crippen molar-refractivity contribution in [2.24, 2.45) is 0 Å². The molecule has 0 atom stereocenters. The second-order valence-corrected chi connectivity index (χ2v) is 4.16. The molecule has 0 radical (unpaired) electrons. The van der Waals surface area contributed by atoms with Gasteiger partial charge in [0.15, 0.2) is 0 Å². The van der Waals surface area contributed by atoms with E-state index in [1.54, 1.807) is 31.2 Å². The molecule has 1 rings (SSSR count). The van der Waals surface area contributed by atoms with Gasteiger partial charge in [-0.3, -0.25) is 9.59 Å². The summed E-state index contributed by atoms with van der Waals surface area (Å²) in [7, 11) is 1.26. The average molecular weight is 293 g/mol. The fraction of sp³-hybridized carbons (Fsp3) is 0.357. The number of carbonyl (C=O) groups is 3. The zero-order valence-electron chi connectivity index (χ0n) is 12.1. The van der Waals surface area contributed by atoms with Crippen molar-refractivity contribution in [2.45, 2.75) is 6.92 Å². The maximum atomic E-state index is 11.9. The summed E-state index contributed by atoms with van der Waals surface area (Å²) in [6.07, 6.45) is 0. The van der Waals surface area contributed by atoms with E-state index in [0.717, 1.165) is 0 Å². The van der Waals surface area contributed by atoms with Crippen LogP contribution in [-0.2, 0) is 14.3 Å². The first-order chi connectivity index (χ1) is 10.1. The van der Waals surface area contributed by atoms with E-state index < -0.39 is 12.0 Å². The summed E-state index contributed by atoms with van der Waals surface area (Å²) < 4.78 is 4.50. The van der Waals surface area contributed by atoms with E-state index in [2.05, 4.69) is 15.4 Å². The fourth-order valence-electron chi connectivity index (χ4n) is 1.56. The number of nitrogens with zero attached hydrogens (tertiary/aromatic N) is 1. The number of esters is 1. The highest BCUT2D eigenvalue weighted by atomic mass is 16.5. The zero-order chi connectivity index (χ0) is 15.7. The molecule has 21 heavy (non-hydrogen) atoms. The highest BCUT2D eigenvalue weighted by Gasteiger charge is 2.16. The lowest BCUT2D eigenvalue weighted by Crippen LogP contribution is -2.43. The van der Waals surface area contributed by atoms with Crippen LogP contribution in [-0.4, -0.2) is 49.6 Å². The van der Waals surface area contributed by atoms with Gasteiger partial charge in [-0.15, -0.1) is 0 Å². The Morgan fingerprint density at radius 2 is 1.86 bits per heavy atom. The molecule has 0 bridgehead atoms. The number of amides is 3. The summed E-state index contributed by atoms with van der Waals surface area (Å²) in [4.78, 5) is 35.9. The number of hydrogen-bond acceptors (Lipinski definition) is 4. The topological polar surface area (TPSA) is 87.7 Å². The van der Waals surface area contributed by atoms with Crippen LogP contribution in [0, 0.1) is 0 Å². The van der Waals surface area contributed by atoms with Gasteiger partial charge in [-0.2, -0.15) is 0 Å². The van der Waals surface area contributed by atoms with E-state index in [1.807, 2.05) is 6.07 Å². The molecule has 0 saturated heterocycles. The van der Waals surface area contributed by atoms with Crippen molar-refractivity contribution in [1.29, 1.82) is 0 Å². The lowest BCUT2D eigenvalue weighted by molar-refractivity contribution is -0.146. The van der Waals surface area contributed by atoms with Crippen molar-refractivity contribution in [3.05, 3.63) is 30.3 Å². The fourth-order valence-corrected chi connectivity index (χ4v) is 1.56. The number of ether oxygens (including phenoxy) is 1. The van der Waals surface area contributed by atoms with Crippen LogP contribution in [0.25, 0.3) is 0 Å². The van der Waals surface area contributed by atoms with Crippen molar-refractivity contribution in [3.8, 4) is 0 Å². The minimum atomic E-state index is -0.501. The predicted molar refractivity (Wildman–Crippen MR) is 77.7 cm³/mol. The molecule has 0 aliphatic carbocycles. The third-order valence-corrected chi connectivity index (χ3v) is 2.71. The van der Waals surface area contributed by atoms with E-state index in [0.29, 0.717) is 12.2 Å². The first-order valence-electron chi connectivity index (χ1n) is 6.51. The molecule has 114 valence electrons. The minimum absolute atomic E-state index is 0.131. The third kappa shape index (κ3) is 5.94. The van der Waals surface area contributed by atoms with Crippen LogP contribution in [0.15, 0.2) is 30.3 Å². The van der Waals surface area contributed by atoms with E-state index >= 15 is 0 Å². The van der Waals surface area contributed by atoms with E-state index in [-0.39, 0.29) is 19.0 Å². The number of benzene rings is 1. The maximum Gasteiger partial charge on any atom is 0.325 e. The highest BCUT2D eigenvalue weighted by Crippen LogP contribution is 2.03. The number of hydrogen-bond donors (Lipinski definition) is 2. The van der Waals surface area contributed by atoms with Gasteiger partial charge in [0.25, 0.3) is 0 Å². The van der Waals surface area contributed by atoms with Crippen LogP contribution >= 0.6 is 0 Å². The molecule has 0 saturated carbocycles. The Balaban J connectivity index is 2.40. The van der Waals surface area contributed by atoms with Crippen molar-refractivity contribution in [3.63, 3.8) is 0 Å². The summed E-state index contributed by atoms with van der Waals surface area (Å²) in [6.45, 7) is 1.78. The number of rotatable bonds is 6. The van der Waals surface area contributed by atoms with Crippen molar-refractivity contribution in [1.82, 2.24) is 10.2 Å². The van der Waals surface area contributed by atoms with Crippen LogP contribution in [0.5, 0.6) is 0 Å². The van der Waals surface area contributed by atoms with Gasteiger partial charge in [-0.25, -0.2) is 4.79 Å². The second-order valence-electron chi connectivity index (χ2n) is 4.16. The molecular formula is C14H19N3O4. The molecule has 7 heteroatoms. The quantitative estimate of drug-likeness (QED) is 0.760. The molecule has 1 aromatic rings. The summed E-state index contributed by atoms with van der Waals surface area (Å²) in [5.74, 6) is -0.856. The molecule has 2 N–H and O–H groups in total. The summed E-state index contributed by atoms with van der Waals surface area (Å²) in [5.41, 5.74) is 0.629. The third-order valence-electron chi connectivity index (χ3n) is 2.71. The van der Waals surface area contributed by atoms with Gasteiger partial charge in [0.1, 0.15) is 6.54 Å². The van der Waals surface area contributed by atoms with E-state index in [9.17, 15) is 14.4 Å². The standard InChI is InChI=1S/C14H19N3O4/c1-3-17(10-13(19)21-2)12(18)9-15-14(20)16-11-7-5-4-6-8-11/h4-8H,3,9-10H2,1-2H3,(H2,15,16,20). The molecule has 0 aliphatic heterocycles. The maximum absolute atomic E-state index is 11.9. The Labute approximate surface area is 123 Å². The number of nitrogens with one attached hydrogen (secondary N) is 2. The molecular weight excluding hydrogens is 274 g/mol. The van der Waals surface area contributed by atoms with Crippen LogP contribution in [0.3, 0.4) is 0 Å². The molecule has 0 unspecified atom stereocenters. The molecule has 0 aliphatic rings. The van der Waals surface area contributed by atoms with E-state index in [1.165, 1.54) is 12.0 Å². The van der Waals surface area contributed by atoms with Gasteiger partial charge < -0.3 is 20.3 Å². The summed E-state index contributed by atoms with van der Waals surface area (Å²) in [5, 5.41) is 5.04. The molecule has 7 nitrogen and oxygen atoms in total. The van der Waals surface area contributed by atoms with Crippen molar-refractivity contribution >= 4 is 23.6 Å². The summed E-state index contributed by atoms with van der Waals surface area (Å²) in [6, 6.07) is 8.39. The number of carbonyl (C=O) groups excluding carboxylic acids is 3. The molecule has 3 amide bonds. The summed E-state index contributed by atoms with van der Waals surface area (Å²) >= 11 is 0. The molecule has 0 fully saturated rings. The Kier molecular flexibility index (Phi) is 6.73. The monoisotopic (exact) mass is 293 g/mol. The van der Waals surface area contributed by atoms with Gasteiger partial charge in [0, 0.05) is 12.2 Å². The molecule has 0 heterocycles. The van der Waals surface area contributed by atoms with E-state index in [4.69, 9.17) is 0 Å². The largest absolute Gasteiger partial charge is 0.468 e. The number of anilines is 1. The average Bonchev–Trinajstić information content (AvgIpc) is 2.50. The van der Waals surface area contributed by atoms with Gasteiger partial charge >= 0.3 is 12.0 Å². The zero-order valence-corrected chi connectivity index (χ0v) is 12.1. The SMILES string of the molecule is CCN(CC(=O)OC)C(=O)CNC(=O)Nc1ccccc1. The minimum Gasteiger partial charge on any atom is -0.468 e. The van der Waals surface area contributed by atoms with Gasteiger partial charge in [0.05, 0.1) is 13.7 Å². The van der Waals surface area contributed by atoms with Gasteiger partial charge in [-0.05, 0) is 19.1 Å². The first kappa shape index (κ1) is 16.5. The highest BCUT2D eigenvalue weighted by molar-refractivity contribution is 5.92. The Hall–Kier alpha value is -2.57. The number of likely N-dealkylation sites (N-methyl/N-ethyl adjacent to an activating group) is 1. The molecule has 0 aromatic heterocycles. The second kappa shape index (κ2) is 8.57. The van der Waals surface area contributed by atoms with Gasteiger partial charge in [-0.1, -0.05) is 18.2 Å². The predicted octanol–water partition coefficient (Wildman–Crippen LogP) is 0.830. The Bertz CT molecular complexity index is 490. The Morgan fingerprint density at radius 3 is 2.43 bits per heavy atom. The number of urea groups is 1. The number of methoxy groups -OCH3 is 1. The van der Waals surface area contributed by atoms with Crippen LogP contribution in [0.1, 0.15) is 6.92 Å². The van der Waals surface area contributed by atoms with Crippen molar-refractivity contribution in [2.75, 3.05) is 32.1 Å². The normalized spacial score (nSPS) is 9.62. The lowest BCUT2D eigenvalue weighted by Gasteiger charge is -2.19. The lowest BCUT2D eigenvalue weighted by atomic mass is 10.3. The van der Waals surface area contributed by atoms with Crippen LogP contribution < -0.4 is 10.6 Å². The molecule has 1 aromatic carbocycles. The van der Waals surface area contributed by atoms with Crippen LogP contribution in [0.2, 0.25) is 0 Å². The first-order valence-corrected chi connectivity index (χ1v) is 6.51. The number of para-hydroxylation sites is 1. The van der Waals surface area contributed by atoms with Crippen molar-refractivity contribution < 1.29 is 19.1 Å². The Morgan fingerprint density at radius 1 is 1.19 bits per heavy atom. The molecule has 0 spiro atoms.